The Morgan fingerprint density at radius 2 is 1.68 bits per heavy atom. The maximum absolute atomic E-state index is 11.6. The summed E-state index contributed by atoms with van der Waals surface area (Å²) < 4.78 is 0. The molecule has 2 heteroatoms. The molecule has 0 unspecified atom stereocenters. The van der Waals surface area contributed by atoms with Gasteiger partial charge in [0.05, 0.1) is 0 Å². The summed E-state index contributed by atoms with van der Waals surface area (Å²) >= 11 is 0. The molecule has 0 aromatic heterocycles. The fourth-order valence-corrected chi connectivity index (χ4v) is 2.99. The third kappa shape index (κ3) is 3.25. The molecular formula is C17H22O2. The monoisotopic (exact) mass is 258 g/mol. The number of rotatable bonds is 3. The van der Waals surface area contributed by atoms with Crippen molar-refractivity contribution in [2.75, 3.05) is 0 Å². The Morgan fingerprint density at radius 3 is 2.21 bits per heavy atom. The minimum atomic E-state index is -0.745. The largest absolute Gasteiger partial charge is 0.478 e. The first-order valence-corrected chi connectivity index (χ1v) is 7.10. The Labute approximate surface area is 115 Å². The summed E-state index contributed by atoms with van der Waals surface area (Å²) in [5.41, 5.74) is 3.79. The second kappa shape index (κ2) is 6.05. The van der Waals surface area contributed by atoms with Crippen molar-refractivity contribution in [2.45, 2.75) is 46.0 Å². The van der Waals surface area contributed by atoms with Gasteiger partial charge in [0.15, 0.2) is 0 Å². The molecule has 0 atom stereocenters. The zero-order chi connectivity index (χ0) is 13.8. The molecule has 1 aromatic rings. The van der Waals surface area contributed by atoms with E-state index in [1.807, 2.05) is 38.1 Å². The summed E-state index contributed by atoms with van der Waals surface area (Å²) in [6.07, 6.45) is 5.59. The summed E-state index contributed by atoms with van der Waals surface area (Å²) in [6, 6.07) is 8.13. The molecule has 0 bridgehead atoms. The molecule has 1 fully saturated rings. The van der Waals surface area contributed by atoms with E-state index in [1.165, 1.54) is 12.0 Å². The van der Waals surface area contributed by atoms with Crippen molar-refractivity contribution in [2.24, 2.45) is 5.92 Å². The highest BCUT2D eigenvalue weighted by Crippen LogP contribution is 2.34. The molecule has 0 amide bonds. The van der Waals surface area contributed by atoms with Crippen LogP contribution < -0.4 is 0 Å². The van der Waals surface area contributed by atoms with E-state index in [2.05, 4.69) is 0 Å². The summed E-state index contributed by atoms with van der Waals surface area (Å²) in [6.45, 7) is 3.99. The minimum Gasteiger partial charge on any atom is -0.478 e. The zero-order valence-corrected chi connectivity index (χ0v) is 11.8. The molecule has 1 aliphatic rings. The number of carbonyl (C=O) groups is 1. The van der Waals surface area contributed by atoms with E-state index in [0.717, 1.165) is 36.8 Å². The van der Waals surface area contributed by atoms with Crippen LogP contribution in [-0.2, 0) is 4.79 Å². The molecule has 2 nitrogen and oxygen atoms in total. The van der Waals surface area contributed by atoms with Crippen molar-refractivity contribution >= 4 is 11.5 Å². The van der Waals surface area contributed by atoms with E-state index in [1.54, 1.807) is 0 Å². The van der Waals surface area contributed by atoms with E-state index < -0.39 is 5.97 Å². The first-order chi connectivity index (χ1) is 9.09. The predicted molar refractivity (Wildman–Crippen MR) is 78.0 cm³/mol. The van der Waals surface area contributed by atoms with Crippen LogP contribution in [0, 0.1) is 12.8 Å². The lowest BCUT2D eigenvalue weighted by Crippen LogP contribution is -2.17. The van der Waals surface area contributed by atoms with Crippen LogP contribution in [-0.4, -0.2) is 11.1 Å². The molecule has 1 saturated carbocycles. The first-order valence-electron chi connectivity index (χ1n) is 7.10. The number of aryl methyl sites for hydroxylation is 1. The summed E-state index contributed by atoms with van der Waals surface area (Å²) in [5.74, 6) is -0.516. The minimum absolute atomic E-state index is 0.229. The van der Waals surface area contributed by atoms with Crippen LogP contribution >= 0.6 is 0 Å². The van der Waals surface area contributed by atoms with Crippen molar-refractivity contribution in [3.63, 3.8) is 0 Å². The number of allylic oxidation sites excluding steroid dienone is 1. The van der Waals surface area contributed by atoms with Crippen molar-refractivity contribution in [1.29, 1.82) is 0 Å². The molecule has 1 N–H and O–H groups in total. The lowest BCUT2D eigenvalue weighted by molar-refractivity contribution is -0.133. The third-order valence-corrected chi connectivity index (χ3v) is 4.13. The van der Waals surface area contributed by atoms with Crippen LogP contribution in [0.1, 0.15) is 50.2 Å². The molecule has 1 aliphatic carbocycles. The van der Waals surface area contributed by atoms with Gasteiger partial charge in [-0.05, 0) is 43.7 Å². The Morgan fingerprint density at radius 1 is 1.11 bits per heavy atom. The van der Waals surface area contributed by atoms with E-state index in [0.29, 0.717) is 5.57 Å². The highest BCUT2D eigenvalue weighted by atomic mass is 16.4. The van der Waals surface area contributed by atoms with Gasteiger partial charge in [0.2, 0.25) is 0 Å². The average molecular weight is 258 g/mol. The Balaban J connectivity index is 2.37. The quantitative estimate of drug-likeness (QED) is 0.814. The van der Waals surface area contributed by atoms with Gasteiger partial charge < -0.3 is 5.11 Å². The van der Waals surface area contributed by atoms with Gasteiger partial charge >= 0.3 is 5.97 Å². The zero-order valence-electron chi connectivity index (χ0n) is 11.8. The fourth-order valence-electron chi connectivity index (χ4n) is 2.99. The van der Waals surface area contributed by atoms with E-state index in [-0.39, 0.29) is 5.92 Å². The molecular weight excluding hydrogens is 236 g/mol. The third-order valence-electron chi connectivity index (χ3n) is 4.13. The van der Waals surface area contributed by atoms with Crippen LogP contribution in [0.5, 0.6) is 0 Å². The van der Waals surface area contributed by atoms with Crippen LogP contribution in [0.2, 0.25) is 0 Å². The Hall–Kier alpha value is -1.57. The van der Waals surface area contributed by atoms with Crippen LogP contribution in [0.25, 0.3) is 5.57 Å². The van der Waals surface area contributed by atoms with Gasteiger partial charge in [-0.3, -0.25) is 0 Å². The molecule has 19 heavy (non-hydrogen) atoms. The van der Waals surface area contributed by atoms with Crippen LogP contribution in [0.15, 0.2) is 29.8 Å². The molecule has 0 saturated heterocycles. The summed E-state index contributed by atoms with van der Waals surface area (Å²) in [7, 11) is 0. The van der Waals surface area contributed by atoms with Gasteiger partial charge in [-0.15, -0.1) is 0 Å². The number of benzene rings is 1. The van der Waals surface area contributed by atoms with Gasteiger partial charge in [0, 0.05) is 5.57 Å². The van der Waals surface area contributed by atoms with Crippen molar-refractivity contribution in [1.82, 2.24) is 0 Å². The molecule has 102 valence electrons. The highest BCUT2D eigenvalue weighted by molar-refractivity contribution is 5.96. The normalized spacial score (nSPS) is 18.0. The number of carboxylic acids is 1. The van der Waals surface area contributed by atoms with Gasteiger partial charge in [0.25, 0.3) is 0 Å². The van der Waals surface area contributed by atoms with Gasteiger partial charge in [-0.25, -0.2) is 4.79 Å². The van der Waals surface area contributed by atoms with E-state index >= 15 is 0 Å². The smallest absolute Gasteiger partial charge is 0.332 e. The molecule has 0 radical (unpaired) electrons. The molecule has 2 rings (SSSR count). The summed E-state index contributed by atoms with van der Waals surface area (Å²) in [4.78, 5) is 11.6. The van der Waals surface area contributed by atoms with E-state index in [4.69, 9.17) is 0 Å². The van der Waals surface area contributed by atoms with Crippen molar-refractivity contribution in [3.05, 3.63) is 41.0 Å². The SMILES string of the molecule is C/C(=C(\C(=O)O)C1CCCCC1)c1ccc(C)cc1. The second-order valence-corrected chi connectivity index (χ2v) is 5.54. The van der Waals surface area contributed by atoms with Crippen LogP contribution in [0.3, 0.4) is 0 Å². The van der Waals surface area contributed by atoms with Gasteiger partial charge in [-0.1, -0.05) is 49.1 Å². The van der Waals surface area contributed by atoms with Crippen LogP contribution in [0.4, 0.5) is 0 Å². The number of hydrogen-bond donors (Lipinski definition) is 1. The number of aliphatic carboxylic acids is 1. The predicted octanol–water partition coefficient (Wildman–Crippen LogP) is 4.43. The fraction of sp³-hybridized carbons (Fsp3) is 0.471. The van der Waals surface area contributed by atoms with Gasteiger partial charge in [0.1, 0.15) is 0 Å². The maximum Gasteiger partial charge on any atom is 0.332 e. The Kier molecular flexibility index (Phi) is 4.41. The van der Waals surface area contributed by atoms with Crippen molar-refractivity contribution < 1.29 is 9.90 Å². The lowest BCUT2D eigenvalue weighted by atomic mass is 9.81. The average Bonchev–Trinajstić information content (AvgIpc) is 2.40. The molecule has 1 aromatic carbocycles. The standard InChI is InChI=1S/C17H22O2/c1-12-8-10-14(11-9-12)13(2)16(17(18)19)15-6-4-3-5-7-15/h8-11,15H,3-7H2,1-2H3,(H,18,19)/b16-13+. The van der Waals surface area contributed by atoms with Gasteiger partial charge in [-0.2, -0.15) is 0 Å². The molecule has 0 spiro atoms. The molecule has 0 aliphatic heterocycles. The van der Waals surface area contributed by atoms with Crippen molar-refractivity contribution in [3.8, 4) is 0 Å². The number of hydrogen-bond acceptors (Lipinski definition) is 1. The maximum atomic E-state index is 11.6. The number of carboxylic acid groups (broad SMARTS) is 1. The first kappa shape index (κ1) is 13.9. The topological polar surface area (TPSA) is 37.3 Å². The lowest BCUT2D eigenvalue weighted by Gasteiger charge is -2.24. The Bertz CT molecular complexity index is 476. The molecule has 0 heterocycles. The van der Waals surface area contributed by atoms with E-state index in [9.17, 15) is 9.90 Å². The highest BCUT2D eigenvalue weighted by Gasteiger charge is 2.25. The second-order valence-electron chi connectivity index (χ2n) is 5.54. The summed E-state index contributed by atoms with van der Waals surface area (Å²) in [5, 5.41) is 9.55.